The molecule has 0 radical (unpaired) electrons. The van der Waals surface area contributed by atoms with E-state index in [4.69, 9.17) is 0 Å². The Morgan fingerprint density at radius 1 is 0.370 bits per heavy atom. The number of hydrogen-bond donors (Lipinski definition) is 0. The van der Waals surface area contributed by atoms with Gasteiger partial charge in [0, 0.05) is 31.6 Å². The van der Waals surface area contributed by atoms with Gasteiger partial charge in [0.1, 0.15) is 0 Å². The van der Waals surface area contributed by atoms with Gasteiger partial charge in [-0.15, -0.1) is 0 Å². The van der Waals surface area contributed by atoms with Crippen LogP contribution in [0.3, 0.4) is 0 Å². The molecule has 0 bridgehead atoms. The molecule has 0 saturated carbocycles. The number of benzene rings is 8. The van der Waals surface area contributed by atoms with E-state index in [1.807, 2.05) is 11.8 Å². The maximum Gasteiger partial charge on any atom is 0.0547 e. The summed E-state index contributed by atoms with van der Waals surface area (Å²) in [6.45, 7) is 0. The van der Waals surface area contributed by atoms with Gasteiger partial charge >= 0.3 is 0 Å². The van der Waals surface area contributed by atoms with Gasteiger partial charge in [-0.05, 0) is 98.1 Å². The molecule has 10 rings (SSSR count). The number of rotatable bonds is 3. The lowest BCUT2D eigenvalue weighted by Gasteiger charge is -2.21. The molecule has 1 aliphatic heterocycles. The highest BCUT2D eigenvalue weighted by molar-refractivity contribution is 7.99. The third kappa shape index (κ3) is 3.77. The van der Waals surface area contributed by atoms with Gasteiger partial charge in [-0.1, -0.05) is 127 Å². The topological polar surface area (TPSA) is 4.93 Å². The van der Waals surface area contributed by atoms with Crippen molar-refractivity contribution in [3.05, 3.63) is 164 Å². The van der Waals surface area contributed by atoms with E-state index >= 15 is 0 Å². The van der Waals surface area contributed by atoms with Crippen molar-refractivity contribution >= 4 is 55.1 Å². The third-order valence-electron chi connectivity index (χ3n) is 9.57. The summed E-state index contributed by atoms with van der Waals surface area (Å²) in [4.78, 5) is 2.66. The predicted octanol–water partition coefficient (Wildman–Crippen LogP) is 12.6. The van der Waals surface area contributed by atoms with E-state index in [1.165, 1.54) is 92.2 Å². The molecule has 214 valence electrons. The average molecular weight is 602 g/mol. The van der Waals surface area contributed by atoms with Crippen LogP contribution in [-0.2, 0) is 0 Å². The first-order valence-electron chi connectivity index (χ1n) is 15.8. The van der Waals surface area contributed by atoms with E-state index in [0.717, 1.165) is 0 Å². The largest absolute Gasteiger partial charge is 0.309 e. The van der Waals surface area contributed by atoms with E-state index in [0.29, 0.717) is 0 Å². The zero-order chi connectivity index (χ0) is 30.2. The molecule has 0 unspecified atom stereocenters. The summed E-state index contributed by atoms with van der Waals surface area (Å²) < 4.78 is 2.39. The third-order valence-corrected chi connectivity index (χ3v) is 10.7. The van der Waals surface area contributed by atoms with E-state index < -0.39 is 0 Å². The smallest absolute Gasteiger partial charge is 0.0547 e. The lowest BCUT2D eigenvalue weighted by molar-refractivity contribution is 1.18. The van der Waals surface area contributed by atoms with Crippen molar-refractivity contribution in [3.63, 3.8) is 0 Å². The molecule has 0 N–H and O–H groups in total. The molecule has 0 fully saturated rings. The van der Waals surface area contributed by atoms with Crippen LogP contribution in [0.25, 0.3) is 82.4 Å². The van der Waals surface area contributed by atoms with E-state index in [9.17, 15) is 0 Å². The van der Waals surface area contributed by atoms with Crippen LogP contribution in [0.15, 0.2) is 174 Å². The van der Waals surface area contributed by atoms with Crippen LogP contribution in [0.2, 0.25) is 0 Å². The molecule has 9 aromatic rings. The highest BCUT2D eigenvalue weighted by Gasteiger charge is 2.21. The second-order valence-electron chi connectivity index (χ2n) is 12.1. The molecule has 8 aromatic carbocycles. The van der Waals surface area contributed by atoms with E-state index in [-0.39, 0.29) is 0 Å². The highest BCUT2D eigenvalue weighted by Crippen LogP contribution is 2.49. The summed E-state index contributed by atoms with van der Waals surface area (Å²) in [5, 5.41) is 7.73. The molecular formula is C44H27NS. The summed E-state index contributed by atoms with van der Waals surface area (Å²) in [7, 11) is 0. The van der Waals surface area contributed by atoms with Crippen molar-refractivity contribution in [3.8, 4) is 39.1 Å². The minimum absolute atomic E-state index is 1.18. The Morgan fingerprint density at radius 2 is 1.07 bits per heavy atom. The lowest BCUT2D eigenvalue weighted by Crippen LogP contribution is -1.94. The van der Waals surface area contributed by atoms with Gasteiger partial charge in [0.25, 0.3) is 0 Å². The Hall–Kier alpha value is -5.57. The number of fused-ring (bicyclic) bond motifs is 6. The Bertz CT molecular complexity index is 2660. The molecular weight excluding hydrogens is 575 g/mol. The Kier molecular flexibility index (Phi) is 5.58. The van der Waals surface area contributed by atoms with Gasteiger partial charge in [0.05, 0.1) is 11.0 Å². The first-order chi connectivity index (χ1) is 22.8. The van der Waals surface area contributed by atoms with E-state index in [2.05, 4.69) is 168 Å². The van der Waals surface area contributed by atoms with Gasteiger partial charge < -0.3 is 4.57 Å². The zero-order valence-electron chi connectivity index (χ0n) is 24.9. The van der Waals surface area contributed by atoms with Crippen molar-refractivity contribution < 1.29 is 0 Å². The standard InChI is InChI=1S/C44H27NS/c1-2-14-31(15-3-1)45-40-21-6-4-16-34(40)39-27-38-30(26-41(39)45)13-9-18-32(38)28-11-8-12-29(25-28)33-23-24-43-44-36(33)19-10-20-37(44)35-17-5-7-22-42(35)46-43/h1-27H. The van der Waals surface area contributed by atoms with Crippen LogP contribution < -0.4 is 0 Å². The summed E-state index contributed by atoms with van der Waals surface area (Å²) in [5.74, 6) is 0. The molecule has 1 aromatic heterocycles. The molecule has 0 saturated heterocycles. The van der Waals surface area contributed by atoms with Gasteiger partial charge in [-0.25, -0.2) is 0 Å². The van der Waals surface area contributed by atoms with Gasteiger partial charge in [-0.2, -0.15) is 0 Å². The molecule has 46 heavy (non-hydrogen) atoms. The highest BCUT2D eigenvalue weighted by atomic mass is 32.2. The van der Waals surface area contributed by atoms with Crippen molar-refractivity contribution in [2.24, 2.45) is 0 Å². The fraction of sp³-hybridized carbons (Fsp3) is 0. The summed E-state index contributed by atoms with van der Waals surface area (Å²) in [6.07, 6.45) is 0. The summed E-state index contributed by atoms with van der Waals surface area (Å²) in [6, 6.07) is 60.2. The average Bonchev–Trinajstić information content (AvgIpc) is 3.44. The molecule has 2 heterocycles. The lowest BCUT2D eigenvalue weighted by atomic mass is 9.90. The Labute approximate surface area is 271 Å². The minimum Gasteiger partial charge on any atom is -0.309 e. The number of nitrogens with zero attached hydrogens (tertiary/aromatic N) is 1. The molecule has 0 atom stereocenters. The number of aromatic nitrogens is 1. The SMILES string of the molecule is c1ccc(-n2c3ccccc3c3cc4c(-c5cccc(-c6ccc7c8c(cccc68)-c6ccccc6S7)c5)cccc4cc32)cc1. The molecule has 2 heteroatoms. The summed E-state index contributed by atoms with van der Waals surface area (Å²) in [5.41, 5.74) is 11.3. The van der Waals surface area contributed by atoms with Crippen molar-refractivity contribution in [2.45, 2.75) is 9.79 Å². The Morgan fingerprint density at radius 3 is 1.98 bits per heavy atom. The Balaban J connectivity index is 1.17. The molecule has 1 nitrogen and oxygen atoms in total. The van der Waals surface area contributed by atoms with Crippen LogP contribution in [-0.4, -0.2) is 4.57 Å². The van der Waals surface area contributed by atoms with Crippen molar-refractivity contribution in [2.75, 3.05) is 0 Å². The fourth-order valence-electron chi connectivity index (χ4n) is 7.53. The maximum absolute atomic E-state index is 2.41. The molecule has 1 aliphatic rings. The first kappa shape index (κ1) is 25.7. The molecule has 0 aliphatic carbocycles. The van der Waals surface area contributed by atoms with Crippen LogP contribution >= 0.6 is 11.8 Å². The number of para-hydroxylation sites is 2. The summed E-state index contributed by atoms with van der Waals surface area (Å²) >= 11 is 1.88. The van der Waals surface area contributed by atoms with Gasteiger partial charge in [0.2, 0.25) is 0 Å². The molecule has 0 amide bonds. The van der Waals surface area contributed by atoms with Gasteiger partial charge in [0.15, 0.2) is 0 Å². The maximum atomic E-state index is 2.41. The normalized spacial score (nSPS) is 12.3. The minimum atomic E-state index is 1.18. The van der Waals surface area contributed by atoms with Crippen LogP contribution in [0.5, 0.6) is 0 Å². The zero-order valence-corrected chi connectivity index (χ0v) is 25.8. The monoisotopic (exact) mass is 601 g/mol. The van der Waals surface area contributed by atoms with Crippen LogP contribution in [0.1, 0.15) is 0 Å². The second-order valence-corrected chi connectivity index (χ2v) is 13.2. The van der Waals surface area contributed by atoms with Crippen LogP contribution in [0.4, 0.5) is 0 Å². The van der Waals surface area contributed by atoms with E-state index in [1.54, 1.807) is 0 Å². The second kappa shape index (κ2) is 9.97. The van der Waals surface area contributed by atoms with Crippen LogP contribution in [0, 0.1) is 0 Å². The predicted molar refractivity (Wildman–Crippen MR) is 196 cm³/mol. The molecule has 0 spiro atoms. The fourth-order valence-corrected chi connectivity index (χ4v) is 8.66. The van der Waals surface area contributed by atoms with Crippen molar-refractivity contribution in [1.29, 1.82) is 0 Å². The van der Waals surface area contributed by atoms with Crippen molar-refractivity contribution in [1.82, 2.24) is 4.57 Å². The van der Waals surface area contributed by atoms with Gasteiger partial charge in [-0.3, -0.25) is 0 Å². The first-order valence-corrected chi connectivity index (χ1v) is 16.6. The quantitative estimate of drug-likeness (QED) is 0.195. The number of hydrogen-bond acceptors (Lipinski definition) is 1.